The van der Waals surface area contributed by atoms with Crippen LogP contribution in [0.4, 0.5) is 0 Å². The number of aromatic nitrogens is 2. The van der Waals surface area contributed by atoms with Gasteiger partial charge in [0.15, 0.2) is 5.69 Å². The van der Waals surface area contributed by atoms with E-state index < -0.39 is 0 Å². The first-order chi connectivity index (χ1) is 11.6. The Labute approximate surface area is 143 Å². The Morgan fingerprint density at radius 2 is 2.17 bits per heavy atom. The molecule has 1 atom stereocenters. The first-order valence-electron chi connectivity index (χ1n) is 8.63. The van der Waals surface area contributed by atoms with Crippen LogP contribution < -0.4 is 4.74 Å². The Balaban J connectivity index is 1.89. The number of nitrogens with zero attached hydrogens (tertiary/aromatic N) is 3. The van der Waals surface area contributed by atoms with Crippen molar-refractivity contribution in [1.82, 2.24) is 14.7 Å². The number of hydrogen-bond donors (Lipinski definition) is 0. The van der Waals surface area contributed by atoms with Gasteiger partial charge in [-0.05, 0) is 56.9 Å². The van der Waals surface area contributed by atoms with E-state index in [1.165, 1.54) is 0 Å². The molecule has 1 amide bonds. The number of rotatable bonds is 4. The van der Waals surface area contributed by atoms with Crippen molar-refractivity contribution in [3.05, 3.63) is 47.3 Å². The molecule has 1 saturated heterocycles. The van der Waals surface area contributed by atoms with Crippen LogP contribution in [0.15, 0.2) is 30.3 Å². The van der Waals surface area contributed by atoms with Crippen molar-refractivity contribution in [1.29, 1.82) is 0 Å². The third-order valence-electron chi connectivity index (χ3n) is 4.74. The largest absolute Gasteiger partial charge is 0.497 e. The monoisotopic (exact) mass is 327 g/mol. The fraction of sp³-hybridized carbons (Fsp3) is 0.474. The number of methoxy groups -OCH3 is 1. The van der Waals surface area contributed by atoms with Gasteiger partial charge in [0.05, 0.1) is 13.2 Å². The van der Waals surface area contributed by atoms with Crippen LogP contribution in [0, 0.1) is 6.92 Å². The maximum Gasteiger partial charge on any atom is 0.274 e. The zero-order valence-corrected chi connectivity index (χ0v) is 14.7. The molecule has 1 aliphatic heterocycles. The van der Waals surface area contributed by atoms with Crippen molar-refractivity contribution in [2.24, 2.45) is 0 Å². The summed E-state index contributed by atoms with van der Waals surface area (Å²) in [6.45, 7) is 5.58. The molecule has 3 rings (SSSR count). The Bertz CT molecular complexity index is 723. The normalized spacial score (nSPS) is 17.8. The van der Waals surface area contributed by atoms with Gasteiger partial charge in [-0.25, -0.2) is 0 Å². The van der Waals surface area contributed by atoms with Crippen LogP contribution in [0.25, 0.3) is 0 Å². The van der Waals surface area contributed by atoms with Crippen molar-refractivity contribution in [3.8, 4) is 5.75 Å². The van der Waals surface area contributed by atoms with Crippen LogP contribution in [0.2, 0.25) is 0 Å². The first kappa shape index (κ1) is 16.6. The van der Waals surface area contributed by atoms with Crippen LogP contribution in [0.1, 0.15) is 54.0 Å². The Kier molecular flexibility index (Phi) is 4.88. The van der Waals surface area contributed by atoms with Gasteiger partial charge < -0.3 is 9.64 Å². The Morgan fingerprint density at radius 3 is 2.88 bits per heavy atom. The average Bonchev–Trinajstić information content (AvgIpc) is 3.02. The lowest BCUT2D eigenvalue weighted by Gasteiger charge is -2.35. The van der Waals surface area contributed by atoms with E-state index in [0.717, 1.165) is 49.4 Å². The van der Waals surface area contributed by atoms with Crippen molar-refractivity contribution in [3.63, 3.8) is 0 Å². The van der Waals surface area contributed by atoms with E-state index >= 15 is 0 Å². The quantitative estimate of drug-likeness (QED) is 0.862. The third kappa shape index (κ3) is 3.16. The van der Waals surface area contributed by atoms with Crippen molar-refractivity contribution in [2.75, 3.05) is 13.7 Å². The minimum absolute atomic E-state index is 0.0258. The number of ether oxygens (including phenoxy) is 1. The van der Waals surface area contributed by atoms with Crippen LogP contribution in [-0.4, -0.2) is 34.2 Å². The molecule has 0 N–H and O–H groups in total. The Hall–Kier alpha value is -2.30. The highest BCUT2D eigenvalue weighted by atomic mass is 16.5. The zero-order chi connectivity index (χ0) is 17.1. The molecule has 24 heavy (non-hydrogen) atoms. The number of amides is 1. The van der Waals surface area contributed by atoms with E-state index in [4.69, 9.17) is 4.74 Å². The zero-order valence-electron chi connectivity index (χ0n) is 14.7. The van der Waals surface area contributed by atoms with E-state index in [1.54, 1.807) is 7.11 Å². The second kappa shape index (κ2) is 7.07. The van der Waals surface area contributed by atoms with Crippen LogP contribution in [-0.2, 0) is 6.54 Å². The molecule has 1 aromatic heterocycles. The van der Waals surface area contributed by atoms with Crippen molar-refractivity contribution in [2.45, 2.75) is 45.7 Å². The van der Waals surface area contributed by atoms with Gasteiger partial charge in [0, 0.05) is 18.8 Å². The lowest BCUT2D eigenvalue weighted by molar-refractivity contribution is 0.0604. The minimum atomic E-state index is 0.0258. The molecule has 5 nitrogen and oxygen atoms in total. The summed E-state index contributed by atoms with van der Waals surface area (Å²) >= 11 is 0. The topological polar surface area (TPSA) is 47.4 Å². The Morgan fingerprint density at radius 1 is 1.33 bits per heavy atom. The molecule has 0 bridgehead atoms. The molecule has 5 heteroatoms. The van der Waals surface area contributed by atoms with Crippen LogP contribution in [0.5, 0.6) is 5.75 Å². The van der Waals surface area contributed by atoms with Gasteiger partial charge in [0.1, 0.15) is 5.75 Å². The molecule has 0 unspecified atom stereocenters. The van der Waals surface area contributed by atoms with Gasteiger partial charge in [-0.1, -0.05) is 12.1 Å². The molecule has 0 radical (unpaired) electrons. The van der Waals surface area contributed by atoms with Crippen LogP contribution in [0.3, 0.4) is 0 Å². The number of benzene rings is 1. The molecule has 0 spiro atoms. The number of carbonyl (C=O) groups excluding carboxylic acids is 1. The van der Waals surface area contributed by atoms with Crippen molar-refractivity contribution >= 4 is 5.91 Å². The first-order valence-corrected chi connectivity index (χ1v) is 8.63. The molecule has 2 aromatic rings. The summed E-state index contributed by atoms with van der Waals surface area (Å²) in [6.07, 6.45) is 3.15. The summed E-state index contributed by atoms with van der Waals surface area (Å²) in [7, 11) is 1.67. The molecule has 1 fully saturated rings. The standard InChI is InChI=1S/C19H25N3O2/c1-4-22-14(2)12-17(20-22)19(23)21-11-6-5-10-18(21)15-8-7-9-16(13-15)24-3/h7-9,12-13,18H,4-6,10-11H2,1-3H3/t18-/m0/s1. The second-order valence-electron chi connectivity index (χ2n) is 6.27. The van der Waals surface area contributed by atoms with E-state index in [2.05, 4.69) is 11.2 Å². The maximum atomic E-state index is 13.0. The fourth-order valence-electron chi connectivity index (χ4n) is 3.45. The van der Waals surface area contributed by atoms with Gasteiger partial charge in [0.25, 0.3) is 5.91 Å². The smallest absolute Gasteiger partial charge is 0.274 e. The van der Waals surface area contributed by atoms with E-state index in [9.17, 15) is 4.79 Å². The number of hydrogen-bond acceptors (Lipinski definition) is 3. The van der Waals surface area contributed by atoms with E-state index in [-0.39, 0.29) is 11.9 Å². The summed E-state index contributed by atoms with van der Waals surface area (Å²) in [6, 6.07) is 10.0. The molecule has 1 aliphatic rings. The fourth-order valence-corrected chi connectivity index (χ4v) is 3.45. The average molecular weight is 327 g/mol. The summed E-state index contributed by atoms with van der Waals surface area (Å²) < 4.78 is 7.21. The molecule has 2 heterocycles. The lowest BCUT2D eigenvalue weighted by atomic mass is 9.94. The summed E-state index contributed by atoms with van der Waals surface area (Å²) in [4.78, 5) is 15.0. The SMILES string of the molecule is CCn1nc(C(=O)N2CCCC[C@H]2c2cccc(OC)c2)cc1C. The predicted molar refractivity (Wildman–Crippen MR) is 93.3 cm³/mol. The molecule has 0 aliphatic carbocycles. The van der Waals surface area contributed by atoms with Gasteiger partial charge in [-0.3, -0.25) is 9.48 Å². The van der Waals surface area contributed by atoms with Gasteiger partial charge in [-0.15, -0.1) is 0 Å². The van der Waals surface area contributed by atoms with Gasteiger partial charge in [-0.2, -0.15) is 5.10 Å². The summed E-state index contributed by atoms with van der Waals surface area (Å²) in [5, 5.41) is 4.47. The highest BCUT2D eigenvalue weighted by Crippen LogP contribution is 2.33. The number of piperidine rings is 1. The second-order valence-corrected chi connectivity index (χ2v) is 6.27. The van der Waals surface area contributed by atoms with Crippen LogP contribution >= 0.6 is 0 Å². The highest BCUT2D eigenvalue weighted by Gasteiger charge is 2.30. The third-order valence-corrected chi connectivity index (χ3v) is 4.74. The molecular weight excluding hydrogens is 302 g/mol. The predicted octanol–water partition coefficient (Wildman–Crippen LogP) is 3.59. The molecule has 0 saturated carbocycles. The minimum Gasteiger partial charge on any atom is -0.497 e. The lowest BCUT2D eigenvalue weighted by Crippen LogP contribution is -2.38. The highest BCUT2D eigenvalue weighted by molar-refractivity contribution is 5.92. The molecule has 128 valence electrons. The van der Waals surface area contributed by atoms with Gasteiger partial charge in [0.2, 0.25) is 0 Å². The number of carbonyl (C=O) groups is 1. The maximum absolute atomic E-state index is 13.0. The molecular formula is C19H25N3O2. The van der Waals surface area contributed by atoms with E-state index in [0.29, 0.717) is 5.69 Å². The molecule has 1 aromatic carbocycles. The van der Waals surface area contributed by atoms with Crippen molar-refractivity contribution < 1.29 is 9.53 Å². The number of likely N-dealkylation sites (tertiary alicyclic amines) is 1. The summed E-state index contributed by atoms with van der Waals surface area (Å²) in [5.74, 6) is 0.856. The van der Waals surface area contributed by atoms with Gasteiger partial charge >= 0.3 is 0 Å². The van der Waals surface area contributed by atoms with E-state index in [1.807, 2.05) is 47.7 Å². The number of aryl methyl sites for hydroxylation is 2. The summed E-state index contributed by atoms with van der Waals surface area (Å²) in [5.41, 5.74) is 2.70.